The molecule has 0 saturated carbocycles. The number of ether oxygens (including phenoxy) is 5. The molecule has 0 radical (unpaired) electrons. The zero-order valence-electron chi connectivity index (χ0n) is 13.7. The van der Waals surface area contributed by atoms with Gasteiger partial charge in [0.1, 0.15) is 5.75 Å². The van der Waals surface area contributed by atoms with E-state index in [4.69, 9.17) is 23.7 Å². The van der Waals surface area contributed by atoms with Crippen LogP contribution in [0.15, 0.2) is 30.3 Å². The average molecular weight is 444 g/mol. The zero-order valence-corrected chi connectivity index (χ0v) is 15.9. The molecule has 24 heavy (non-hydrogen) atoms. The number of benzene rings is 2. The maximum atomic E-state index is 12.5. The molecule has 0 unspecified atom stereocenters. The van der Waals surface area contributed by atoms with Crippen molar-refractivity contribution in [3.8, 4) is 28.7 Å². The SMILES string of the molecule is COc1ccc(OC(=O)c2cc(OC)c(OC)cc2I)cc1OC. The van der Waals surface area contributed by atoms with E-state index >= 15 is 0 Å². The minimum atomic E-state index is -0.507. The van der Waals surface area contributed by atoms with Gasteiger partial charge in [0.25, 0.3) is 0 Å². The Morgan fingerprint density at radius 1 is 0.792 bits per heavy atom. The van der Waals surface area contributed by atoms with Gasteiger partial charge in [0.15, 0.2) is 23.0 Å². The second-order valence-electron chi connectivity index (χ2n) is 4.59. The molecule has 128 valence electrons. The number of esters is 1. The summed E-state index contributed by atoms with van der Waals surface area (Å²) in [7, 11) is 6.10. The lowest BCUT2D eigenvalue weighted by Crippen LogP contribution is -2.11. The summed E-state index contributed by atoms with van der Waals surface area (Å²) >= 11 is 2.04. The Morgan fingerprint density at radius 2 is 1.33 bits per heavy atom. The zero-order chi connectivity index (χ0) is 17.7. The first-order chi connectivity index (χ1) is 11.5. The predicted octanol–water partition coefficient (Wildman–Crippen LogP) is 3.54. The molecule has 2 aromatic carbocycles. The van der Waals surface area contributed by atoms with Gasteiger partial charge in [-0.25, -0.2) is 4.79 Å². The van der Waals surface area contributed by atoms with Gasteiger partial charge in [0, 0.05) is 9.64 Å². The average Bonchev–Trinajstić information content (AvgIpc) is 2.60. The minimum absolute atomic E-state index is 0.350. The van der Waals surface area contributed by atoms with Crippen molar-refractivity contribution in [1.82, 2.24) is 0 Å². The molecule has 2 aromatic rings. The van der Waals surface area contributed by atoms with Crippen LogP contribution < -0.4 is 23.7 Å². The molecule has 0 heterocycles. The Balaban J connectivity index is 2.30. The van der Waals surface area contributed by atoms with E-state index in [1.165, 1.54) is 28.4 Å². The Bertz CT molecular complexity index is 744. The van der Waals surface area contributed by atoms with Crippen molar-refractivity contribution in [3.63, 3.8) is 0 Å². The van der Waals surface area contributed by atoms with Crippen molar-refractivity contribution in [1.29, 1.82) is 0 Å². The highest BCUT2D eigenvalue weighted by molar-refractivity contribution is 14.1. The third kappa shape index (κ3) is 3.84. The summed E-state index contributed by atoms with van der Waals surface area (Å²) in [4.78, 5) is 12.5. The van der Waals surface area contributed by atoms with Gasteiger partial charge < -0.3 is 23.7 Å². The topological polar surface area (TPSA) is 63.2 Å². The van der Waals surface area contributed by atoms with Gasteiger partial charge in [-0.2, -0.15) is 0 Å². The molecule has 0 atom stereocenters. The monoisotopic (exact) mass is 444 g/mol. The van der Waals surface area contributed by atoms with Crippen molar-refractivity contribution in [2.24, 2.45) is 0 Å². The number of methoxy groups -OCH3 is 4. The van der Waals surface area contributed by atoms with Crippen LogP contribution in [0.5, 0.6) is 28.7 Å². The number of rotatable bonds is 6. The van der Waals surface area contributed by atoms with Crippen LogP contribution in [0.3, 0.4) is 0 Å². The minimum Gasteiger partial charge on any atom is -0.493 e. The first-order valence-corrected chi connectivity index (χ1v) is 7.97. The molecule has 0 aliphatic rings. The van der Waals surface area contributed by atoms with E-state index in [2.05, 4.69) is 0 Å². The van der Waals surface area contributed by atoms with Gasteiger partial charge in [0.05, 0.1) is 34.0 Å². The summed E-state index contributed by atoms with van der Waals surface area (Å²) < 4.78 is 26.9. The van der Waals surface area contributed by atoms with Crippen molar-refractivity contribution in [2.45, 2.75) is 0 Å². The van der Waals surface area contributed by atoms with Crippen LogP contribution in [0.1, 0.15) is 10.4 Å². The third-order valence-electron chi connectivity index (χ3n) is 3.26. The highest BCUT2D eigenvalue weighted by Gasteiger charge is 2.18. The Hall–Kier alpha value is -2.16. The lowest BCUT2D eigenvalue weighted by Gasteiger charge is -2.12. The number of hydrogen-bond acceptors (Lipinski definition) is 6. The quantitative estimate of drug-likeness (QED) is 0.386. The van der Waals surface area contributed by atoms with E-state index in [-0.39, 0.29) is 0 Å². The highest BCUT2D eigenvalue weighted by Crippen LogP contribution is 2.33. The van der Waals surface area contributed by atoms with Gasteiger partial charge in [-0.3, -0.25) is 0 Å². The van der Waals surface area contributed by atoms with Gasteiger partial charge in [-0.1, -0.05) is 0 Å². The van der Waals surface area contributed by atoms with E-state index in [9.17, 15) is 4.79 Å². The van der Waals surface area contributed by atoms with Crippen LogP contribution in [0.2, 0.25) is 0 Å². The molecule has 0 N–H and O–H groups in total. The van der Waals surface area contributed by atoms with E-state index in [0.29, 0.717) is 37.9 Å². The summed E-state index contributed by atoms with van der Waals surface area (Å²) in [6.45, 7) is 0. The molecule has 0 amide bonds. The summed E-state index contributed by atoms with van der Waals surface area (Å²) in [5.74, 6) is 1.88. The fraction of sp³-hybridized carbons (Fsp3) is 0.235. The highest BCUT2D eigenvalue weighted by atomic mass is 127. The largest absolute Gasteiger partial charge is 0.493 e. The second-order valence-corrected chi connectivity index (χ2v) is 5.76. The van der Waals surface area contributed by atoms with Crippen LogP contribution in [-0.2, 0) is 0 Å². The number of carbonyl (C=O) groups is 1. The molecule has 0 aromatic heterocycles. The first kappa shape index (κ1) is 18.2. The number of halogens is 1. The molecule has 0 aliphatic heterocycles. The molecule has 0 saturated heterocycles. The standard InChI is InChI=1S/C17H17IO6/c1-20-13-6-5-10(7-14(13)21-2)24-17(19)11-8-15(22-3)16(23-4)9-12(11)18/h5-9H,1-4H3. The smallest absolute Gasteiger partial charge is 0.344 e. The normalized spacial score (nSPS) is 10.0. The maximum Gasteiger partial charge on any atom is 0.344 e. The molecule has 0 bridgehead atoms. The molecule has 6 nitrogen and oxygen atoms in total. The molecular formula is C17H17IO6. The van der Waals surface area contributed by atoms with Crippen molar-refractivity contribution < 1.29 is 28.5 Å². The fourth-order valence-corrected chi connectivity index (χ4v) is 2.71. The lowest BCUT2D eigenvalue weighted by molar-refractivity contribution is 0.0732. The van der Waals surface area contributed by atoms with Crippen LogP contribution in [-0.4, -0.2) is 34.4 Å². The van der Waals surface area contributed by atoms with E-state index < -0.39 is 5.97 Å². The van der Waals surface area contributed by atoms with Crippen molar-refractivity contribution in [2.75, 3.05) is 28.4 Å². The Morgan fingerprint density at radius 3 is 1.92 bits per heavy atom. The third-order valence-corrected chi connectivity index (χ3v) is 4.15. The first-order valence-electron chi connectivity index (χ1n) is 6.89. The Kier molecular flexibility index (Phi) is 6.13. The van der Waals surface area contributed by atoms with Crippen LogP contribution in [0.4, 0.5) is 0 Å². The fourth-order valence-electron chi connectivity index (χ4n) is 2.05. The van der Waals surface area contributed by atoms with Crippen LogP contribution in [0.25, 0.3) is 0 Å². The molecule has 0 spiro atoms. The lowest BCUT2D eigenvalue weighted by atomic mass is 10.2. The van der Waals surface area contributed by atoms with Crippen LogP contribution >= 0.6 is 22.6 Å². The summed E-state index contributed by atoms with van der Waals surface area (Å²) in [6, 6.07) is 8.19. The summed E-state index contributed by atoms with van der Waals surface area (Å²) in [6.07, 6.45) is 0. The number of carbonyl (C=O) groups excluding carboxylic acids is 1. The molecule has 0 aliphatic carbocycles. The van der Waals surface area contributed by atoms with E-state index in [0.717, 1.165) is 0 Å². The Labute approximate surface area is 153 Å². The predicted molar refractivity (Wildman–Crippen MR) is 96.8 cm³/mol. The van der Waals surface area contributed by atoms with E-state index in [1.807, 2.05) is 22.6 Å². The maximum absolute atomic E-state index is 12.5. The molecule has 0 fully saturated rings. The molecule has 7 heteroatoms. The second kappa shape index (κ2) is 8.09. The van der Waals surface area contributed by atoms with Gasteiger partial charge in [-0.05, 0) is 46.9 Å². The van der Waals surface area contributed by atoms with Crippen molar-refractivity contribution in [3.05, 3.63) is 39.5 Å². The summed E-state index contributed by atoms with van der Waals surface area (Å²) in [5, 5.41) is 0. The van der Waals surface area contributed by atoms with Gasteiger partial charge in [0.2, 0.25) is 0 Å². The summed E-state index contributed by atoms with van der Waals surface area (Å²) in [5.41, 5.74) is 0.378. The van der Waals surface area contributed by atoms with Gasteiger partial charge >= 0.3 is 5.97 Å². The van der Waals surface area contributed by atoms with E-state index in [1.54, 1.807) is 30.3 Å². The molecular weight excluding hydrogens is 427 g/mol. The van der Waals surface area contributed by atoms with Gasteiger partial charge in [-0.15, -0.1) is 0 Å². The van der Waals surface area contributed by atoms with Crippen molar-refractivity contribution >= 4 is 28.6 Å². The number of hydrogen-bond donors (Lipinski definition) is 0. The van der Waals surface area contributed by atoms with Crippen LogP contribution in [0, 0.1) is 3.57 Å². The molecule has 2 rings (SSSR count).